The first-order chi connectivity index (χ1) is 5.88. The molecular formula is C12H20. The number of rotatable bonds is 5. The Morgan fingerprint density at radius 1 is 1.25 bits per heavy atom. The van der Waals surface area contributed by atoms with Crippen LogP contribution in [0.1, 0.15) is 46.0 Å². The molecule has 0 saturated carbocycles. The first-order valence-electron chi connectivity index (χ1n) is 5.25. The van der Waals surface area contributed by atoms with Crippen LogP contribution in [0.2, 0.25) is 0 Å². The van der Waals surface area contributed by atoms with E-state index < -0.39 is 0 Å². The van der Waals surface area contributed by atoms with Gasteiger partial charge in [-0.25, -0.2) is 0 Å². The minimum Gasteiger partial charge on any atom is -0.0773 e. The van der Waals surface area contributed by atoms with Gasteiger partial charge in [0.05, 0.1) is 0 Å². The zero-order chi connectivity index (χ0) is 8.81. The highest BCUT2D eigenvalue weighted by molar-refractivity contribution is 5.27. The standard InChI is InChI=1S/C12H20/c1-3-5-8-12-10-6-9-11(12)7-4-2/h6,9-10,12H,3-5,7-8H2,1-2H3. The van der Waals surface area contributed by atoms with Gasteiger partial charge in [0.2, 0.25) is 0 Å². The van der Waals surface area contributed by atoms with Crippen LogP contribution in [0.3, 0.4) is 0 Å². The third kappa shape index (κ3) is 2.51. The third-order valence-electron chi connectivity index (χ3n) is 2.54. The Morgan fingerprint density at radius 3 is 2.75 bits per heavy atom. The molecule has 0 amide bonds. The van der Waals surface area contributed by atoms with Crippen LogP contribution >= 0.6 is 0 Å². The summed E-state index contributed by atoms with van der Waals surface area (Å²) < 4.78 is 0. The van der Waals surface area contributed by atoms with Gasteiger partial charge in [-0.1, -0.05) is 56.9 Å². The van der Waals surface area contributed by atoms with E-state index in [4.69, 9.17) is 0 Å². The van der Waals surface area contributed by atoms with Gasteiger partial charge in [-0.2, -0.15) is 0 Å². The molecular weight excluding hydrogens is 144 g/mol. The zero-order valence-electron chi connectivity index (χ0n) is 8.34. The van der Waals surface area contributed by atoms with Crippen molar-refractivity contribution in [2.45, 2.75) is 46.0 Å². The molecule has 68 valence electrons. The lowest BCUT2D eigenvalue weighted by Crippen LogP contribution is -1.97. The van der Waals surface area contributed by atoms with Crippen molar-refractivity contribution in [1.29, 1.82) is 0 Å². The van der Waals surface area contributed by atoms with E-state index in [1.807, 2.05) is 0 Å². The van der Waals surface area contributed by atoms with Gasteiger partial charge in [-0.3, -0.25) is 0 Å². The van der Waals surface area contributed by atoms with E-state index in [0.29, 0.717) is 0 Å². The van der Waals surface area contributed by atoms with Crippen molar-refractivity contribution in [1.82, 2.24) is 0 Å². The monoisotopic (exact) mass is 164 g/mol. The molecule has 0 N–H and O–H groups in total. The van der Waals surface area contributed by atoms with Gasteiger partial charge in [0, 0.05) is 0 Å². The van der Waals surface area contributed by atoms with Crippen molar-refractivity contribution in [2.75, 3.05) is 0 Å². The summed E-state index contributed by atoms with van der Waals surface area (Å²) in [6.07, 6.45) is 13.5. The molecule has 0 fully saturated rings. The van der Waals surface area contributed by atoms with Gasteiger partial charge in [0.25, 0.3) is 0 Å². The first kappa shape index (κ1) is 9.57. The number of allylic oxidation sites excluding steroid dienone is 4. The van der Waals surface area contributed by atoms with Crippen LogP contribution in [0.15, 0.2) is 23.8 Å². The molecule has 0 aromatic carbocycles. The molecule has 1 atom stereocenters. The summed E-state index contributed by atoms with van der Waals surface area (Å²) >= 11 is 0. The number of hydrogen-bond donors (Lipinski definition) is 0. The lowest BCUT2D eigenvalue weighted by molar-refractivity contribution is 0.603. The van der Waals surface area contributed by atoms with E-state index in [1.54, 1.807) is 5.57 Å². The van der Waals surface area contributed by atoms with E-state index in [1.165, 1.54) is 32.1 Å². The van der Waals surface area contributed by atoms with Gasteiger partial charge >= 0.3 is 0 Å². The largest absolute Gasteiger partial charge is 0.0773 e. The highest BCUT2D eigenvalue weighted by atomic mass is 14.2. The molecule has 12 heavy (non-hydrogen) atoms. The Bertz CT molecular complexity index is 174. The fraction of sp³-hybridized carbons (Fsp3) is 0.667. The Labute approximate surface area is 76.4 Å². The summed E-state index contributed by atoms with van der Waals surface area (Å²) in [7, 11) is 0. The lowest BCUT2D eigenvalue weighted by atomic mass is 9.94. The highest BCUT2D eigenvalue weighted by Crippen LogP contribution is 2.27. The van der Waals surface area contributed by atoms with E-state index in [2.05, 4.69) is 32.1 Å². The van der Waals surface area contributed by atoms with Crippen molar-refractivity contribution >= 4 is 0 Å². The molecule has 0 saturated heterocycles. The highest BCUT2D eigenvalue weighted by Gasteiger charge is 2.12. The second-order valence-electron chi connectivity index (χ2n) is 3.63. The van der Waals surface area contributed by atoms with Gasteiger partial charge in [-0.05, 0) is 18.8 Å². The van der Waals surface area contributed by atoms with Crippen LogP contribution in [0, 0.1) is 5.92 Å². The van der Waals surface area contributed by atoms with Crippen LogP contribution in [-0.2, 0) is 0 Å². The normalized spacial score (nSPS) is 21.5. The Balaban J connectivity index is 2.33. The maximum Gasteiger partial charge on any atom is -0.00170 e. The van der Waals surface area contributed by atoms with Crippen LogP contribution in [-0.4, -0.2) is 0 Å². The molecule has 0 aromatic rings. The summed E-state index contributed by atoms with van der Waals surface area (Å²) in [5, 5.41) is 0. The molecule has 0 radical (unpaired) electrons. The molecule has 0 bridgehead atoms. The van der Waals surface area contributed by atoms with E-state index in [9.17, 15) is 0 Å². The van der Waals surface area contributed by atoms with Crippen LogP contribution < -0.4 is 0 Å². The Kier molecular flexibility index (Phi) is 4.13. The molecule has 1 aliphatic carbocycles. The SMILES string of the molecule is CCCCC1C=CC=C1CCC. The maximum absolute atomic E-state index is 2.36. The minimum atomic E-state index is 0.782. The average molecular weight is 164 g/mol. The molecule has 0 heterocycles. The van der Waals surface area contributed by atoms with Gasteiger partial charge in [0.15, 0.2) is 0 Å². The Morgan fingerprint density at radius 2 is 2.08 bits per heavy atom. The summed E-state index contributed by atoms with van der Waals surface area (Å²) in [5.74, 6) is 0.782. The molecule has 0 aromatic heterocycles. The molecule has 1 unspecified atom stereocenters. The summed E-state index contributed by atoms with van der Waals surface area (Å²) in [4.78, 5) is 0. The predicted molar refractivity (Wildman–Crippen MR) is 55.1 cm³/mol. The van der Waals surface area contributed by atoms with Gasteiger partial charge < -0.3 is 0 Å². The van der Waals surface area contributed by atoms with E-state index in [0.717, 1.165) is 5.92 Å². The summed E-state index contributed by atoms with van der Waals surface area (Å²) in [6.45, 7) is 4.53. The molecule has 0 nitrogen and oxygen atoms in total. The molecule has 1 rings (SSSR count). The summed E-state index contributed by atoms with van der Waals surface area (Å²) in [5.41, 5.74) is 1.66. The topological polar surface area (TPSA) is 0 Å². The van der Waals surface area contributed by atoms with Gasteiger partial charge in [0.1, 0.15) is 0 Å². The Hall–Kier alpha value is -0.520. The van der Waals surface area contributed by atoms with Crippen LogP contribution in [0.25, 0.3) is 0 Å². The maximum atomic E-state index is 2.36. The average Bonchev–Trinajstić information content (AvgIpc) is 2.50. The van der Waals surface area contributed by atoms with Crippen molar-refractivity contribution in [3.05, 3.63) is 23.8 Å². The second-order valence-corrected chi connectivity index (χ2v) is 3.63. The zero-order valence-corrected chi connectivity index (χ0v) is 8.34. The lowest BCUT2D eigenvalue weighted by Gasteiger charge is -2.11. The number of unbranched alkanes of at least 4 members (excludes halogenated alkanes) is 1. The fourth-order valence-corrected chi connectivity index (χ4v) is 1.82. The van der Waals surface area contributed by atoms with Crippen molar-refractivity contribution in [3.63, 3.8) is 0 Å². The molecule has 0 aliphatic heterocycles. The molecule has 0 heteroatoms. The van der Waals surface area contributed by atoms with Crippen molar-refractivity contribution < 1.29 is 0 Å². The quantitative estimate of drug-likeness (QED) is 0.574. The van der Waals surface area contributed by atoms with Gasteiger partial charge in [-0.15, -0.1) is 0 Å². The van der Waals surface area contributed by atoms with E-state index in [-0.39, 0.29) is 0 Å². The van der Waals surface area contributed by atoms with Crippen molar-refractivity contribution in [3.8, 4) is 0 Å². The predicted octanol–water partition coefficient (Wildman–Crippen LogP) is 4.09. The third-order valence-corrected chi connectivity index (χ3v) is 2.54. The van der Waals surface area contributed by atoms with Crippen LogP contribution in [0.4, 0.5) is 0 Å². The van der Waals surface area contributed by atoms with E-state index >= 15 is 0 Å². The molecule has 0 spiro atoms. The minimum absolute atomic E-state index is 0.782. The van der Waals surface area contributed by atoms with Crippen LogP contribution in [0.5, 0.6) is 0 Å². The van der Waals surface area contributed by atoms with Crippen molar-refractivity contribution in [2.24, 2.45) is 5.92 Å². The number of hydrogen-bond acceptors (Lipinski definition) is 0. The second kappa shape index (κ2) is 5.18. The first-order valence-corrected chi connectivity index (χ1v) is 5.25. The smallest absolute Gasteiger partial charge is 0.00170 e. The molecule has 1 aliphatic rings. The fourth-order valence-electron chi connectivity index (χ4n) is 1.82. The summed E-state index contributed by atoms with van der Waals surface area (Å²) in [6, 6.07) is 0.